The van der Waals surface area contributed by atoms with Gasteiger partial charge in [-0.05, 0) is 25.8 Å². The number of carbonyl (C=O) groups is 2. The molecule has 1 amide bonds. The Bertz CT molecular complexity index is 482. The number of nitrogens with one attached hydrogen (secondary N) is 1. The fourth-order valence-corrected chi connectivity index (χ4v) is 2.32. The first-order chi connectivity index (χ1) is 9.22. The van der Waals surface area contributed by atoms with Crippen molar-refractivity contribution in [2.75, 3.05) is 13.2 Å². The molecule has 1 N–H and O–H groups in total. The van der Waals surface area contributed by atoms with E-state index in [1.165, 1.54) is 0 Å². The Balaban J connectivity index is 1.99. The monoisotopic (exact) mass is 261 g/mol. The molecule has 2 rings (SSSR count). The molecule has 102 valence electrons. The number of ketones is 1. The van der Waals surface area contributed by atoms with Crippen LogP contribution in [0, 0.1) is 0 Å². The molecule has 0 atom stereocenters. The molecule has 0 unspecified atom stereocenters. The van der Waals surface area contributed by atoms with Gasteiger partial charge in [-0.1, -0.05) is 12.1 Å². The van der Waals surface area contributed by atoms with Crippen molar-refractivity contribution in [2.45, 2.75) is 32.6 Å². The minimum atomic E-state index is -0.0108. The van der Waals surface area contributed by atoms with Crippen LogP contribution in [-0.2, 0) is 11.2 Å². The molecule has 0 fully saturated rings. The standard InChI is InChI=1S/C15H19NO3/c1-2-16-15(18)9-10-19-14-8-4-5-11-12(14)6-3-7-13(11)17/h4-5,8H,2-3,6-7,9-10H2,1H3,(H,16,18). The fraction of sp³-hybridized carbons (Fsp3) is 0.467. The number of hydrogen-bond donors (Lipinski definition) is 1. The molecule has 4 heteroatoms. The van der Waals surface area contributed by atoms with Crippen LogP contribution in [0.4, 0.5) is 0 Å². The van der Waals surface area contributed by atoms with Gasteiger partial charge < -0.3 is 10.1 Å². The number of carbonyl (C=O) groups excluding carboxylic acids is 2. The zero-order chi connectivity index (χ0) is 13.7. The van der Waals surface area contributed by atoms with E-state index in [1.807, 2.05) is 25.1 Å². The fourth-order valence-electron chi connectivity index (χ4n) is 2.32. The first-order valence-corrected chi connectivity index (χ1v) is 6.77. The van der Waals surface area contributed by atoms with E-state index in [-0.39, 0.29) is 11.7 Å². The Morgan fingerprint density at radius 3 is 3.00 bits per heavy atom. The van der Waals surface area contributed by atoms with Crippen LogP contribution in [0.3, 0.4) is 0 Å². The first kappa shape index (κ1) is 13.6. The maximum Gasteiger partial charge on any atom is 0.223 e. The minimum absolute atomic E-state index is 0.0108. The summed E-state index contributed by atoms with van der Waals surface area (Å²) in [6.45, 7) is 2.86. The number of ether oxygens (including phenoxy) is 1. The lowest BCUT2D eigenvalue weighted by Crippen LogP contribution is -2.24. The van der Waals surface area contributed by atoms with E-state index in [2.05, 4.69) is 5.32 Å². The summed E-state index contributed by atoms with van der Waals surface area (Å²) in [6, 6.07) is 5.56. The van der Waals surface area contributed by atoms with Gasteiger partial charge in [-0.15, -0.1) is 0 Å². The van der Waals surface area contributed by atoms with Crippen LogP contribution < -0.4 is 10.1 Å². The second kappa shape index (κ2) is 6.36. The van der Waals surface area contributed by atoms with E-state index in [0.717, 1.165) is 29.7 Å². The van der Waals surface area contributed by atoms with Crippen LogP contribution in [0.15, 0.2) is 18.2 Å². The van der Waals surface area contributed by atoms with Gasteiger partial charge in [0.1, 0.15) is 5.75 Å². The van der Waals surface area contributed by atoms with E-state index in [4.69, 9.17) is 4.74 Å². The van der Waals surface area contributed by atoms with Gasteiger partial charge in [-0.2, -0.15) is 0 Å². The highest BCUT2D eigenvalue weighted by Crippen LogP contribution is 2.29. The summed E-state index contributed by atoms with van der Waals surface area (Å²) >= 11 is 0. The van der Waals surface area contributed by atoms with Gasteiger partial charge in [0, 0.05) is 24.1 Å². The zero-order valence-electron chi connectivity index (χ0n) is 11.2. The zero-order valence-corrected chi connectivity index (χ0v) is 11.2. The molecule has 1 aliphatic carbocycles. The molecule has 1 aromatic carbocycles. The van der Waals surface area contributed by atoms with Crippen LogP contribution >= 0.6 is 0 Å². The Morgan fingerprint density at radius 1 is 1.37 bits per heavy atom. The SMILES string of the molecule is CCNC(=O)CCOc1cccc2c1CCCC2=O. The summed E-state index contributed by atoms with van der Waals surface area (Å²) in [5.41, 5.74) is 1.77. The number of fused-ring (bicyclic) bond motifs is 1. The van der Waals surface area contributed by atoms with Gasteiger partial charge in [-0.3, -0.25) is 9.59 Å². The summed E-state index contributed by atoms with van der Waals surface area (Å²) in [5, 5.41) is 2.73. The Kier molecular flexibility index (Phi) is 4.55. The third-order valence-corrected chi connectivity index (χ3v) is 3.22. The van der Waals surface area contributed by atoms with Gasteiger partial charge in [0.15, 0.2) is 5.78 Å². The highest BCUT2D eigenvalue weighted by Gasteiger charge is 2.20. The summed E-state index contributed by atoms with van der Waals surface area (Å²) in [4.78, 5) is 23.1. The van der Waals surface area contributed by atoms with Crippen LogP contribution in [-0.4, -0.2) is 24.8 Å². The molecule has 0 aromatic heterocycles. The van der Waals surface area contributed by atoms with E-state index in [0.29, 0.717) is 26.0 Å². The van der Waals surface area contributed by atoms with E-state index >= 15 is 0 Å². The maximum absolute atomic E-state index is 11.8. The molecule has 1 aromatic rings. The Hall–Kier alpha value is -1.84. The quantitative estimate of drug-likeness (QED) is 0.883. The van der Waals surface area contributed by atoms with Crippen molar-refractivity contribution in [3.05, 3.63) is 29.3 Å². The van der Waals surface area contributed by atoms with Crippen LogP contribution in [0.1, 0.15) is 42.1 Å². The molecule has 0 bridgehead atoms. The van der Waals surface area contributed by atoms with Gasteiger partial charge in [-0.25, -0.2) is 0 Å². The van der Waals surface area contributed by atoms with Gasteiger partial charge in [0.25, 0.3) is 0 Å². The highest BCUT2D eigenvalue weighted by molar-refractivity contribution is 5.99. The van der Waals surface area contributed by atoms with Gasteiger partial charge in [0.05, 0.1) is 13.0 Å². The molecular weight excluding hydrogens is 242 g/mol. The summed E-state index contributed by atoms with van der Waals surface area (Å²) in [5.74, 6) is 0.925. The van der Waals surface area contributed by atoms with E-state index < -0.39 is 0 Å². The lowest BCUT2D eigenvalue weighted by atomic mass is 9.90. The topological polar surface area (TPSA) is 55.4 Å². The molecule has 0 radical (unpaired) electrons. The molecule has 0 saturated heterocycles. The first-order valence-electron chi connectivity index (χ1n) is 6.77. The van der Waals surface area contributed by atoms with E-state index in [1.54, 1.807) is 0 Å². The second-order valence-corrected chi connectivity index (χ2v) is 4.61. The van der Waals surface area contributed by atoms with Crippen molar-refractivity contribution < 1.29 is 14.3 Å². The lowest BCUT2D eigenvalue weighted by Gasteiger charge is -2.18. The third kappa shape index (κ3) is 3.34. The van der Waals surface area contributed by atoms with E-state index in [9.17, 15) is 9.59 Å². The Morgan fingerprint density at radius 2 is 2.21 bits per heavy atom. The van der Waals surface area contributed by atoms with Crippen molar-refractivity contribution in [3.63, 3.8) is 0 Å². The van der Waals surface area contributed by atoms with Crippen molar-refractivity contribution in [3.8, 4) is 5.75 Å². The summed E-state index contributed by atoms with van der Waals surface area (Å²) in [7, 11) is 0. The van der Waals surface area contributed by atoms with Crippen LogP contribution in [0.25, 0.3) is 0 Å². The predicted octanol–water partition coefficient (Wildman–Crippen LogP) is 2.11. The smallest absolute Gasteiger partial charge is 0.223 e. The van der Waals surface area contributed by atoms with Crippen molar-refractivity contribution in [2.24, 2.45) is 0 Å². The van der Waals surface area contributed by atoms with Gasteiger partial charge >= 0.3 is 0 Å². The number of amides is 1. The van der Waals surface area contributed by atoms with Crippen molar-refractivity contribution >= 4 is 11.7 Å². The van der Waals surface area contributed by atoms with Crippen molar-refractivity contribution in [1.29, 1.82) is 0 Å². The molecule has 0 heterocycles. The number of benzene rings is 1. The largest absolute Gasteiger partial charge is 0.493 e. The average Bonchev–Trinajstić information content (AvgIpc) is 2.40. The maximum atomic E-state index is 11.8. The Labute approximate surface area is 113 Å². The molecule has 0 saturated carbocycles. The molecule has 1 aliphatic rings. The minimum Gasteiger partial charge on any atom is -0.493 e. The van der Waals surface area contributed by atoms with Crippen molar-refractivity contribution in [1.82, 2.24) is 5.32 Å². The average molecular weight is 261 g/mol. The van der Waals surface area contributed by atoms with Crippen LogP contribution in [0.5, 0.6) is 5.75 Å². The molecular formula is C15H19NO3. The number of Topliss-reactive ketones (excluding diaryl/α,β-unsaturated/α-hetero) is 1. The van der Waals surface area contributed by atoms with Gasteiger partial charge in [0.2, 0.25) is 5.91 Å². The molecule has 19 heavy (non-hydrogen) atoms. The predicted molar refractivity (Wildman–Crippen MR) is 72.5 cm³/mol. The molecule has 0 aliphatic heterocycles. The normalized spacial score (nSPS) is 13.8. The highest BCUT2D eigenvalue weighted by atomic mass is 16.5. The molecule has 0 spiro atoms. The number of hydrogen-bond acceptors (Lipinski definition) is 3. The lowest BCUT2D eigenvalue weighted by molar-refractivity contribution is -0.121. The molecule has 4 nitrogen and oxygen atoms in total. The van der Waals surface area contributed by atoms with Crippen LogP contribution in [0.2, 0.25) is 0 Å². The second-order valence-electron chi connectivity index (χ2n) is 4.61. The summed E-state index contributed by atoms with van der Waals surface area (Å²) < 4.78 is 5.66. The third-order valence-electron chi connectivity index (χ3n) is 3.22. The summed E-state index contributed by atoms with van der Waals surface area (Å²) in [6.07, 6.45) is 2.71. The number of rotatable bonds is 5.